The molecule has 0 saturated heterocycles. The van der Waals surface area contributed by atoms with Crippen LogP contribution >= 0.6 is 15.9 Å². The predicted molar refractivity (Wildman–Crippen MR) is 75.8 cm³/mol. The number of nitrogens with zero attached hydrogens (tertiary/aromatic N) is 1. The Labute approximate surface area is 115 Å². The molecule has 0 bridgehead atoms. The number of nitrogens with two attached hydrogens (primary N) is 1. The molecule has 1 heterocycles. The van der Waals surface area contributed by atoms with Gasteiger partial charge in [0.25, 0.3) is 0 Å². The third-order valence-electron chi connectivity index (χ3n) is 2.54. The molecule has 18 heavy (non-hydrogen) atoms. The fraction of sp³-hybridized carbons (Fsp3) is 0.214. The zero-order valence-electron chi connectivity index (χ0n) is 10.4. The van der Waals surface area contributed by atoms with E-state index in [1.165, 1.54) is 5.56 Å². The third-order valence-corrected chi connectivity index (χ3v) is 3.16. The summed E-state index contributed by atoms with van der Waals surface area (Å²) in [5.41, 5.74) is 7.78. The average Bonchev–Trinajstić information content (AvgIpc) is 2.33. The van der Waals surface area contributed by atoms with E-state index >= 15 is 0 Å². The number of benzene rings is 1. The number of aryl methyl sites for hydroxylation is 1. The van der Waals surface area contributed by atoms with E-state index in [1.54, 1.807) is 6.20 Å². The zero-order valence-corrected chi connectivity index (χ0v) is 11.9. The highest BCUT2D eigenvalue weighted by molar-refractivity contribution is 9.10. The van der Waals surface area contributed by atoms with Crippen molar-refractivity contribution >= 4 is 15.9 Å². The van der Waals surface area contributed by atoms with Crippen LogP contribution in [0.25, 0.3) is 0 Å². The van der Waals surface area contributed by atoms with Crippen molar-refractivity contribution in [3.8, 4) is 11.5 Å². The summed E-state index contributed by atoms with van der Waals surface area (Å²) in [6, 6.07) is 9.63. The fourth-order valence-electron chi connectivity index (χ4n) is 1.54. The summed E-state index contributed by atoms with van der Waals surface area (Å²) in [4.78, 5) is 4.26. The Morgan fingerprint density at radius 1 is 1.28 bits per heavy atom. The van der Waals surface area contributed by atoms with E-state index < -0.39 is 0 Å². The number of rotatable bonds is 3. The number of halogens is 1. The Hall–Kier alpha value is -1.39. The molecule has 1 atom stereocenters. The van der Waals surface area contributed by atoms with Crippen molar-refractivity contribution in [1.82, 2.24) is 4.98 Å². The normalized spacial score (nSPS) is 12.2. The molecule has 0 saturated carbocycles. The van der Waals surface area contributed by atoms with Gasteiger partial charge in [-0.3, -0.25) is 4.98 Å². The molecule has 0 aliphatic rings. The molecule has 2 N–H and O–H groups in total. The number of ether oxygens (including phenoxy) is 1. The number of hydrogen-bond donors (Lipinski definition) is 1. The minimum atomic E-state index is -0.0647. The molecule has 0 unspecified atom stereocenters. The lowest BCUT2D eigenvalue weighted by atomic mass is 10.2. The summed E-state index contributed by atoms with van der Waals surface area (Å²) in [5, 5.41) is 0. The van der Waals surface area contributed by atoms with Gasteiger partial charge in [-0.1, -0.05) is 6.07 Å². The first-order valence-corrected chi connectivity index (χ1v) is 6.51. The van der Waals surface area contributed by atoms with Crippen LogP contribution in [0.2, 0.25) is 0 Å². The highest BCUT2D eigenvalue weighted by atomic mass is 79.9. The van der Waals surface area contributed by atoms with Gasteiger partial charge in [0, 0.05) is 6.04 Å². The molecule has 2 rings (SSSR count). The smallest absolute Gasteiger partial charge is 0.145 e. The van der Waals surface area contributed by atoms with Crippen LogP contribution in [0.4, 0.5) is 0 Å². The first kappa shape index (κ1) is 13.1. The molecule has 0 aliphatic heterocycles. The van der Waals surface area contributed by atoms with E-state index in [4.69, 9.17) is 10.5 Å². The van der Waals surface area contributed by atoms with Crippen molar-refractivity contribution in [1.29, 1.82) is 0 Å². The van der Waals surface area contributed by atoms with Gasteiger partial charge in [-0.15, -0.1) is 0 Å². The Bertz CT molecular complexity index is 538. The Morgan fingerprint density at radius 3 is 2.61 bits per heavy atom. The molecule has 4 heteroatoms. The summed E-state index contributed by atoms with van der Waals surface area (Å²) in [6.45, 7) is 3.94. The Kier molecular flexibility index (Phi) is 3.99. The van der Waals surface area contributed by atoms with Crippen molar-refractivity contribution in [2.75, 3.05) is 0 Å². The molecule has 2 aromatic rings. The minimum absolute atomic E-state index is 0.0647. The van der Waals surface area contributed by atoms with Gasteiger partial charge < -0.3 is 10.5 Å². The maximum Gasteiger partial charge on any atom is 0.145 e. The van der Waals surface area contributed by atoms with Gasteiger partial charge in [0.05, 0.1) is 16.4 Å². The van der Waals surface area contributed by atoms with E-state index in [0.29, 0.717) is 5.75 Å². The molecule has 1 aromatic heterocycles. The maximum absolute atomic E-state index is 5.75. The van der Waals surface area contributed by atoms with Crippen LogP contribution in [0.3, 0.4) is 0 Å². The quantitative estimate of drug-likeness (QED) is 0.933. The van der Waals surface area contributed by atoms with Crippen LogP contribution in [-0.4, -0.2) is 4.98 Å². The summed E-state index contributed by atoms with van der Waals surface area (Å²) in [5.74, 6) is 1.47. The van der Waals surface area contributed by atoms with E-state index in [-0.39, 0.29) is 6.04 Å². The second kappa shape index (κ2) is 5.50. The molecule has 0 fully saturated rings. The molecule has 1 aromatic carbocycles. The number of hydrogen-bond acceptors (Lipinski definition) is 3. The van der Waals surface area contributed by atoms with Gasteiger partial charge >= 0.3 is 0 Å². The minimum Gasteiger partial charge on any atom is -0.455 e. The molecule has 3 nitrogen and oxygen atoms in total. The molecule has 0 spiro atoms. The van der Waals surface area contributed by atoms with Gasteiger partial charge in [0.15, 0.2) is 0 Å². The lowest BCUT2D eigenvalue weighted by Crippen LogP contribution is -2.06. The number of aromatic nitrogens is 1. The van der Waals surface area contributed by atoms with Crippen molar-refractivity contribution in [3.63, 3.8) is 0 Å². The van der Waals surface area contributed by atoms with Gasteiger partial charge in [0.2, 0.25) is 0 Å². The van der Waals surface area contributed by atoms with Crippen molar-refractivity contribution < 1.29 is 4.74 Å². The van der Waals surface area contributed by atoms with Crippen molar-refractivity contribution in [3.05, 3.63) is 52.3 Å². The monoisotopic (exact) mass is 306 g/mol. The first-order chi connectivity index (χ1) is 8.56. The van der Waals surface area contributed by atoms with Crippen LogP contribution in [0.1, 0.15) is 24.2 Å². The predicted octanol–water partition coefficient (Wildman–Crippen LogP) is 3.96. The largest absolute Gasteiger partial charge is 0.455 e. The Balaban J connectivity index is 2.18. The average molecular weight is 307 g/mol. The second-order valence-corrected chi connectivity index (χ2v) is 5.10. The van der Waals surface area contributed by atoms with Crippen molar-refractivity contribution in [2.24, 2.45) is 5.73 Å². The number of pyridine rings is 1. The van der Waals surface area contributed by atoms with Gasteiger partial charge in [-0.05, 0) is 59.6 Å². The molecule has 0 radical (unpaired) electrons. The molecular weight excluding hydrogens is 292 g/mol. The third kappa shape index (κ3) is 3.09. The topological polar surface area (TPSA) is 48.1 Å². The summed E-state index contributed by atoms with van der Waals surface area (Å²) >= 11 is 3.48. The van der Waals surface area contributed by atoms with Crippen LogP contribution in [0, 0.1) is 6.92 Å². The molecule has 0 amide bonds. The van der Waals surface area contributed by atoms with Gasteiger partial charge in [0.1, 0.15) is 11.5 Å². The lowest BCUT2D eigenvalue weighted by Gasteiger charge is -2.09. The molecule has 0 aliphatic carbocycles. The van der Waals surface area contributed by atoms with Crippen LogP contribution in [0.15, 0.2) is 41.0 Å². The van der Waals surface area contributed by atoms with E-state index in [9.17, 15) is 0 Å². The van der Waals surface area contributed by atoms with Gasteiger partial charge in [-0.25, -0.2) is 0 Å². The van der Waals surface area contributed by atoms with E-state index in [1.807, 2.05) is 44.2 Å². The van der Waals surface area contributed by atoms with Crippen LogP contribution in [0.5, 0.6) is 11.5 Å². The van der Waals surface area contributed by atoms with Crippen molar-refractivity contribution in [2.45, 2.75) is 19.9 Å². The van der Waals surface area contributed by atoms with Crippen LogP contribution < -0.4 is 10.5 Å². The van der Waals surface area contributed by atoms with E-state index in [0.717, 1.165) is 15.9 Å². The van der Waals surface area contributed by atoms with Gasteiger partial charge in [-0.2, -0.15) is 0 Å². The maximum atomic E-state index is 5.75. The fourth-order valence-corrected chi connectivity index (χ4v) is 2.11. The summed E-state index contributed by atoms with van der Waals surface area (Å²) in [6.07, 6.45) is 1.69. The SMILES string of the molecule is Cc1ccc(Oc2ccc([C@@H](C)N)nc2)c(Br)c1. The summed E-state index contributed by atoms with van der Waals surface area (Å²) < 4.78 is 6.68. The molecular formula is C14H15BrN2O. The lowest BCUT2D eigenvalue weighted by molar-refractivity contribution is 0.476. The highest BCUT2D eigenvalue weighted by Gasteiger charge is 2.05. The Morgan fingerprint density at radius 2 is 2.06 bits per heavy atom. The standard InChI is InChI=1S/C14H15BrN2O/c1-9-3-6-14(12(15)7-9)18-11-4-5-13(10(2)16)17-8-11/h3-8,10H,16H2,1-2H3/t10-/m1/s1. The first-order valence-electron chi connectivity index (χ1n) is 5.72. The molecule has 94 valence electrons. The zero-order chi connectivity index (χ0) is 13.1. The van der Waals surface area contributed by atoms with E-state index in [2.05, 4.69) is 20.9 Å². The second-order valence-electron chi connectivity index (χ2n) is 4.24. The summed E-state index contributed by atoms with van der Waals surface area (Å²) in [7, 11) is 0. The highest BCUT2D eigenvalue weighted by Crippen LogP contribution is 2.30. The van der Waals surface area contributed by atoms with Crippen LogP contribution in [-0.2, 0) is 0 Å².